The second-order valence-electron chi connectivity index (χ2n) is 6.16. The number of hydrogen-bond donors (Lipinski definition) is 1. The van der Waals surface area contributed by atoms with E-state index in [1.165, 1.54) is 11.8 Å². The molecule has 1 N–H and O–H groups in total. The van der Waals surface area contributed by atoms with E-state index in [9.17, 15) is 13.5 Å². The Labute approximate surface area is 155 Å². The zero-order valence-corrected chi connectivity index (χ0v) is 15.4. The Bertz CT molecular complexity index is 984. The van der Waals surface area contributed by atoms with Gasteiger partial charge in [-0.3, -0.25) is 4.57 Å². The summed E-state index contributed by atoms with van der Waals surface area (Å²) in [5.74, 6) is 0.881. The van der Waals surface area contributed by atoms with Crippen molar-refractivity contribution in [3.05, 3.63) is 54.3 Å². The fraction of sp³-hybridized carbons (Fsp3) is 0.294. The molecule has 0 amide bonds. The molecule has 0 spiro atoms. The summed E-state index contributed by atoms with van der Waals surface area (Å²) >= 11 is 1.24. The second-order valence-corrected chi connectivity index (χ2v) is 9.52. The minimum Gasteiger partial charge on any atom is -0.461 e. The van der Waals surface area contributed by atoms with E-state index in [1.807, 2.05) is 34.9 Å². The number of nitrogens with zero attached hydrogens (tertiary/aromatic N) is 3. The molecule has 26 heavy (non-hydrogen) atoms. The minimum atomic E-state index is -3.22. The first kappa shape index (κ1) is 17.3. The average molecular weight is 391 g/mol. The Morgan fingerprint density at radius 3 is 2.62 bits per heavy atom. The highest BCUT2D eigenvalue weighted by Crippen LogP contribution is 2.33. The van der Waals surface area contributed by atoms with Gasteiger partial charge in [0.25, 0.3) is 0 Å². The Morgan fingerprint density at radius 2 is 1.96 bits per heavy atom. The molecule has 2 aromatic heterocycles. The summed E-state index contributed by atoms with van der Waals surface area (Å²) in [4.78, 5) is 0. The number of hydrogen-bond acceptors (Lipinski definition) is 7. The molecule has 1 aliphatic rings. The van der Waals surface area contributed by atoms with E-state index in [4.69, 9.17) is 4.42 Å². The summed E-state index contributed by atoms with van der Waals surface area (Å²) in [7, 11) is -3.22. The van der Waals surface area contributed by atoms with E-state index in [2.05, 4.69) is 10.2 Å². The van der Waals surface area contributed by atoms with Crippen molar-refractivity contribution in [1.29, 1.82) is 0 Å². The molecule has 0 aliphatic carbocycles. The van der Waals surface area contributed by atoms with Crippen molar-refractivity contribution in [1.82, 2.24) is 14.8 Å². The predicted octanol–water partition coefficient (Wildman–Crippen LogP) is 1.84. The molecule has 1 aromatic carbocycles. The van der Waals surface area contributed by atoms with Crippen molar-refractivity contribution in [2.45, 2.75) is 23.1 Å². The van der Waals surface area contributed by atoms with Crippen LogP contribution in [-0.4, -0.2) is 51.1 Å². The molecular formula is C17H17N3O4S2. The number of rotatable bonds is 5. The summed E-state index contributed by atoms with van der Waals surface area (Å²) in [5, 5.41) is 18.6. The van der Waals surface area contributed by atoms with Crippen LogP contribution in [0.15, 0.2) is 58.3 Å². The van der Waals surface area contributed by atoms with Crippen molar-refractivity contribution in [3.63, 3.8) is 0 Å². The Morgan fingerprint density at radius 1 is 1.15 bits per heavy atom. The van der Waals surface area contributed by atoms with Gasteiger partial charge in [-0.05, 0) is 17.7 Å². The van der Waals surface area contributed by atoms with Crippen LogP contribution < -0.4 is 0 Å². The maximum absolute atomic E-state index is 11.8. The molecule has 0 saturated carbocycles. The zero-order chi connectivity index (χ0) is 18.1. The van der Waals surface area contributed by atoms with Crippen LogP contribution in [0.25, 0.3) is 11.6 Å². The van der Waals surface area contributed by atoms with Crippen molar-refractivity contribution >= 4 is 21.6 Å². The number of furan rings is 1. The predicted molar refractivity (Wildman–Crippen MR) is 97.6 cm³/mol. The largest absolute Gasteiger partial charge is 0.461 e. The summed E-state index contributed by atoms with van der Waals surface area (Å²) < 4.78 is 30.9. The summed E-state index contributed by atoms with van der Waals surface area (Å²) in [6.07, 6.45) is 0.663. The smallest absolute Gasteiger partial charge is 0.200 e. The lowest BCUT2D eigenvalue weighted by atomic mass is 10.2. The molecule has 3 heterocycles. The van der Waals surface area contributed by atoms with Crippen molar-refractivity contribution in [2.24, 2.45) is 0 Å². The highest BCUT2D eigenvalue weighted by atomic mass is 32.2. The Kier molecular flexibility index (Phi) is 4.60. The van der Waals surface area contributed by atoms with Crippen molar-refractivity contribution < 1.29 is 17.9 Å². The van der Waals surface area contributed by atoms with Crippen LogP contribution in [-0.2, 0) is 16.4 Å². The van der Waals surface area contributed by atoms with Crippen LogP contribution in [0, 0.1) is 0 Å². The highest BCUT2D eigenvalue weighted by Gasteiger charge is 2.38. The van der Waals surface area contributed by atoms with Gasteiger partial charge >= 0.3 is 0 Å². The third-order valence-electron chi connectivity index (χ3n) is 4.17. The van der Waals surface area contributed by atoms with E-state index >= 15 is 0 Å². The maximum Gasteiger partial charge on any atom is 0.200 e. The number of thioether (sulfide) groups is 1. The molecule has 1 saturated heterocycles. The minimum absolute atomic E-state index is 0.0624. The molecule has 1 aliphatic heterocycles. The van der Waals surface area contributed by atoms with E-state index in [0.29, 0.717) is 23.3 Å². The molecule has 1 fully saturated rings. The number of sulfone groups is 1. The quantitative estimate of drug-likeness (QED) is 0.708. The van der Waals surface area contributed by atoms with Crippen LogP contribution >= 0.6 is 11.8 Å². The number of aromatic nitrogens is 3. The molecule has 4 rings (SSSR count). The van der Waals surface area contributed by atoms with Gasteiger partial charge < -0.3 is 9.52 Å². The SMILES string of the molecule is O=S1(=O)C[C@@H](O)[C@H](Sc2nnc(-c3ccco3)n2Cc2ccccc2)C1. The van der Waals surface area contributed by atoms with Crippen LogP contribution in [0.2, 0.25) is 0 Å². The van der Waals surface area contributed by atoms with Crippen LogP contribution in [0.4, 0.5) is 0 Å². The highest BCUT2D eigenvalue weighted by molar-refractivity contribution is 8.01. The second kappa shape index (κ2) is 6.90. The fourth-order valence-corrected chi connectivity index (χ4v) is 6.44. The molecule has 3 aromatic rings. The third-order valence-corrected chi connectivity index (χ3v) is 7.39. The van der Waals surface area contributed by atoms with E-state index in [-0.39, 0.29) is 11.5 Å². The summed E-state index contributed by atoms with van der Waals surface area (Å²) in [5.41, 5.74) is 1.06. The molecular weight excluding hydrogens is 374 g/mol. The van der Waals surface area contributed by atoms with E-state index in [1.54, 1.807) is 18.4 Å². The molecule has 0 unspecified atom stereocenters. The van der Waals surface area contributed by atoms with Crippen LogP contribution in [0.1, 0.15) is 5.56 Å². The number of aliphatic hydroxyl groups is 1. The molecule has 0 bridgehead atoms. The lowest BCUT2D eigenvalue weighted by molar-refractivity contribution is 0.207. The normalized spacial score (nSPS) is 21.9. The number of benzene rings is 1. The van der Waals surface area contributed by atoms with Gasteiger partial charge in [0.2, 0.25) is 5.82 Å². The van der Waals surface area contributed by atoms with Gasteiger partial charge in [-0.15, -0.1) is 10.2 Å². The van der Waals surface area contributed by atoms with Crippen molar-refractivity contribution in [2.75, 3.05) is 11.5 Å². The third kappa shape index (κ3) is 3.55. The molecule has 2 atom stereocenters. The van der Waals surface area contributed by atoms with E-state index < -0.39 is 21.2 Å². The standard InChI is InChI=1S/C17H17N3O4S2/c21-13-10-26(22,23)11-15(13)25-17-19-18-16(14-7-4-8-24-14)20(17)9-12-5-2-1-3-6-12/h1-8,13,15,21H,9-11H2/t13-,15-/m1/s1. The monoisotopic (exact) mass is 391 g/mol. The first-order valence-corrected chi connectivity index (χ1v) is 10.8. The average Bonchev–Trinajstić information content (AvgIpc) is 3.30. The zero-order valence-electron chi connectivity index (χ0n) is 13.7. The topological polar surface area (TPSA) is 98.2 Å². The van der Waals surface area contributed by atoms with Crippen LogP contribution in [0.3, 0.4) is 0 Å². The maximum atomic E-state index is 11.8. The number of aliphatic hydroxyl groups excluding tert-OH is 1. The fourth-order valence-electron chi connectivity index (χ4n) is 2.92. The van der Waals surface area contributed by atoms with Gasteiger partial charge in [-0.1, -0.05) is 42.1 Å². The molecule has 136 valence electrons. The molecule has 7 nitrogen and oxygen atoms in total. The summed E-state index contributed by atoms with van der Waals surface area (Å²) in [6.45, 7) is 0.516. The van der Waals surface area contributed by atoms with Gasteiger partial charge in [0.05, 0.1) is 35.7 Å². The van der Waals surface area contributed by atoms with Gasteiger partial charge in [-0.25, -0.2) is 8.42 Å². The van der Waals surface area contributed by atoms with Crippen molar-refractivity contribution in [3.8, 4) is 11.6 Å². The first-order chi connectivity index (χ1) is 12.5. The van der Waals surface area contributed by atoms with E-state index in [0.717, 1.165) is 5.56 Å². The van der Waals surface area contributed by atoms with Crippen LogP contribution in [0.5, 0.6) is 0 Å². The first-order valence-electron chi connectivity index (χ1n) is 8.08. The van der Waals surface area contributed by atoms with Gasteiger partial charge in [-0.2, -0.15) is 0 Å². The molecule has 0 radical (unpaired) electrons. The van der Waals surface area contributed by atoms with Gasteiger partial charge in [0.15, 0.2) is 20.8 Å². The lowest BCUT2D eigenvalue weighted by Crippen LogP contribution is -2.20. The molecule has 9 heteroatoms. The Hall–Kier alpha value is -2.10. The Balaban J connectivity index is 1.68. The van der Waals surface area contributed by atoms with Gasteiger partial charge in [0, 0.05) is 0 Å². The van der Waals surface area contributed by atoms with Gasteiger partial charge in [0.1, 0.15) is 0 Å². The lowest BCUT2D eigenvalue weighted by Gasteiger charge is -2.13. The summed E-state index contributed by atoms with van der Waals surface area (Å²) in [6, 6.07) is 13.4.